The van der Waals surface area contributed by atoms with Crippen LogP contribution in [0.2, 0.25) is 0 Å². The molecule has 0 atom stereocenters. The minimum atomic E-state index is 0.125. The highest BCUT2D eigenvalue weighted by molar-refractivity contribution is 5.75. The first-order chi connectivity index (χ1) is 7.22. The van der Waals surface area contributed by atoms with Crippen molar-refractivity contribution in [3.05, 3.63) is 0 Å². The third-order valence-electron chi connectivity index (χ3n) is 3.38. The van der Waals surface area contributed by atoms with E-state index in [-0.39, 0.29) is 5.91 Å². The van der Waals surface area contributed by atoms with E-state index in [0.29, 0.717) is 6.42 Å². The summed E-state index contributed by atoms with van der Waals surface area (Å²) in [6.07, 6.45) is 6.06. The predicted molar refractivity (Wildman–Crippen MR) is 62.7 cm³/mol. The van der Waals surface area contributed by atoms with E-state index in [9.17, 15) is 4.79 Å². The van der Waals surface area contributed by atoms with Crippen LogP contribution in [0.25, 0.3) is 0 Å². The van der Waals surface area contributed by atoms with Crippen molar-refractivity contribution in [1.29, 1.82) is 0 Å². The van der Waals surface area contributed by atoms with Gasteiger partial charge in [-0.15, -0.1) is 0 Å². The molecule has 3 heteroatoms. The fourth-order valence-electron chi connectivity index (χ4n) is 2.17. The van der Waals surface area contributed by atoms with E-state index < -0.39 is 0 Å². The van der Waals surface area contributed by atoms with E-state index in [1.807, 2.05) is 0 Å². The SMILES string of the molecule is CNC(=O)CCNCC1CCC(C)CC1. The molecular formula is C12H24N2O. The van der Waals surface area contributed by atoms with Gasteiger partial charge in [-0.3, -0.25) is 4.79 Å². The van der Waals surface area contributed by atoms with Gasteiger partial charge in [-0.1, -0.05) is 19.8 Å². The highest BCUT2D eigenvalue weighted by Crippen LogP contribution is 2.27. The van der Waals surface area contributed by atoms with Crippen LogP contribution in [0.4, 0.5) is 0 Å². The Morgan fingerprint density at radius 2 is 1.93 bits per heavy atom. The van der Waals surface area contributed by atoms with Crippen molar-refractivity contribution in [3.8, 4) is 0 Å². The molecule has 0 radical (unpaired) electrons. The molecule has 88 valence electrons. The third kappa shape index (κ3) is 5.17. The molecule has 0 spiro atoms. The molecule has 1 fully saturated rings. The van der Waals surface area contributed by atoms with Gasteiger partial charge in [0.05, 0.1) is 0 Å². The molecule has 2 N–H and O–H groups in total. The largest absolute Gasteiger partial charge is 0.359 e. The van der Waals surface area contributed by atoms with Gasteiger partial charge in [-0.2, -0.15) is 0 Å². The Kier molecular flexibility index (Phi) is 5.69. The van der Waals surface area contributed by atoms with Gasteiger partial charge in [0.2, 0.25) is 5.91 Å². The van der Waals surface area contributed by atoms with Crippen molar-refractivity contribution in [3.63, 3.8) is 0 Å². The van der Waals surface area contributed by atoms with Gasteiger partial charge in [0.1, 0.15) is 0 Å². The lowest BCUT2D eigenvalue weighted by atomic mass is 9.83. The molecule has 1 saturated carbocycles. The summed E-state index contributed by atoms with van der Waals surface area (Å²) < 4.78 is 0. The Balaban J connectivity index is 1.98. The molecule has 0 aromatic heterocycles. The summed E-state index contributed by atoms with van der Waals surface area (Å²) in [5, 5.41) is 6.00. The maximum absolute atomic E-state index is 11.0. The molecule has 1 amide bonds. The van der Waals surface area contributed by atoms with Crippen LogP contribution in [0.1, 0.15) is 39.0 Å². The maximum Gasteiger partial charge on any atom is 0.221 e. The Labute approximate surface area is 93.0 Å². The zero-order valence-corrected chi connectivity index (χ0v) is 10.0. The summed E-state index contributed by atoms with van der Waals surface area (Å²) in [5.74, 6) is 1.89. The number of carbonyl (C=O) groups is 1. The molecule has 15 heavy (non-hydrogen) atoms. The van der Waals surface area contributed by atoms with Crippen LogP contribution in [0.3, 0.4) is 0 Å². The van der Waals surface area contributed by atoms with Crippen molar-refractivity contribution in [2.45, 2.75) is 39.0 Å². The molecule has 1 rings (SSSR count). The van der Waals surface area contributed by atoms with Crippen molar-refractivity contribution >= 4 is 5.91 Å². The summed E-state index contributed by atoms with van der Waals surface area (Å²) in [6, 6.07) is 0. The summed E-state index contributed by atoms with van der Waals surface area (Å²) >= 11 is 0. The lowest BCUT2D eigenvalue weighted by molar-refractivity contribution is -0.120. The van der Waals surface area contributed by atoms with E-state index in [4.69, 9.17) is 0 Å². The minimum Gasteiger partial charge on any atom is -0.359 e. The van der Waals surface area contributed by atoms with Crippen molar-refractivity contribution in [2.24, 2.45) is 11.8 Å². The van der Waals surface area contributed by atoms with E-state index in [1.54, 1.807) is 7.05 Å². The molecule has 1 aliphatic carbocycles. The second-order valence-corrected chi connectivity index (χ2v) is 4.75. The molecule has 0 aromatic rings. The number of rotatable bonds is 5. The molecule has 3 nitrogen and oxygen atoms in total. The predicted octanol–water partition coefficient (Wildman–Crippen LogP) is 1.54. The first-order valence-corrected chi connectivity index (χ1v) is 6.13. The smallest absolute Gasteiger partial charge is 0.221 e. The lowest BCUT2D eigenvalue weighted by Crippen LogP contribution is -2.29. The van der Waals surface area contributed by atoms with Crippen LogP contribution >= 0.6 is 0 Å². The zero-order valence-electron chi connectivity index (χ0n) is 10.0. The average Bonchev–Trinajstić information content (AvgIpc) is 2.26. The number of hydrogen-bond donors (Lipinski definition) is 2. The Morgan fingerprint density at radius 1 is 1.27 bits per heavy atom. The second kappa shape index (κ2) is 6.83. The molecule has 0 heterocycles. The van der Waals surface area contributed by atoms with Crippen molar-refractivity contribution in [1.82, 2.24) is 10.6 Å². The molecular weight excluding hydrogens is 188 g/mol. The molecule has 0 unspecified atom stereocenters. The van der Waals surface area contributed by atoms with Crippen LogP contribution in [0, 0.1) is 11.8 Å². The summed E-state index contributed by atoms with van der Waals surface area (Å²) in [7, 11) is 1.69. The molecule has 0 bridgehead atoms. The zero-order chi connectivity index (χ0) is 11.1. The van der Waals surface area contributed by atoms with Gasteiger partial charge in [0.15, 0.2) is 0 Å². The Morgan fingerprint density at radius 3 is 2.53 bits per heavy atom. The molecule has 1 aliphatic rings. The maximum atomic E-state index is 11.0. The normalized spacial score (nSPS) is 26.3. The standard InChI is InChI=1S/C12H24N2O/c1-10-3-5-11(6-4-10)9-14-8-7-12(15)13-2/h10-11,14H,3-9H2,1-2H3,(H,13,15). The van der Waals surface area contributed by atoms with Gasteiger partial charge in [-0.25, -0.2) is 0 Å². The van der Waals surface area contributed by atoms with Gasteiger partial charge >= 0.3 is 0 Å². The van der Waals surface area contributed by atoms with Gasteiger partial charge in [0.25, 0.3) is 0 Å². The lowest BCUT2D eigenvalue weighted by Gasteiger charge is -2.26. The van der Waals surface area contributed by atoms with E-state index in [0.717, 1.165) is 24.9 Å². The van der Waals surface area contributed by atoms with Gasteiger partial charge in [0, 0.05) is 20.0 Å². The fraction of sp³-hybridized carbons (Fsp3) is 0.917. The topological polar surface area (TPSA) is 41.1 Å². The Bertz CT molecular complexity index is 186. The first kappa shape index (κ1) is 12.5. The number of hydrogen-bond acceptors (Lipinski definition) is 2. The van der Waals surface area contributed by atoms with Gasteiger partial charge in [-0.05, 0) is 31.2 Å². The Hall–Kier alpha value is -0.570. The summed E-state index contributed by atoms with van der Waals surface area (Å²) in [6.45, 7) is 4.24. The van der Waals surface area contributed by atoms with Crippen LogP contribution in [0.5, 0.6) is 0 Å². The minimum absolute atomic E-state index is 0.125. The van der Waals surface area contributed by atoms with Crippen LogP contribution in [-0.2, 0) is 4.79 Å². The highest BCUT2D eigenvalue weighted by atomic mass is 16.1. The van der Waals surface area contributed by atoms with Crippen molar-refractivity contribution in [2.75, 3.05) is 20.1 Å². The third-order valence-corrected chi connectivity index (χ3v) is 3.38. The molecule has 0 saturated heterocycles. The summed E-state index contributed by atoms with van der Waals surface area (Å²) in [4.78, 5) is 11.0. The average molecular weight is 212 g/mol. The van der Waals surface area contributed by atoms with Gasteiger partial charge < -0.3 is 10.6 Å². The number of nitrogens with one attached hydrogen (secondary N) is 2. The quantitative estimate of drug-likeness (QED) is 0.679. The van der Waals surface area contributed by atoms with E-state index in [2.05, 4.69) is 17.6 Å². The number of amides is 1. The van der Waals surface area contributed by atoms with E-state index in [1.165, 1.54) is 25.7 Å². The first-order valence-electron chi connectivity index (χ1n) is 6.13. The fourth-order valence-corrected chi connectivity index (χ4v) is 2.17. The monoisotopic (exact) mass is 212 g/mol. The van der Waals surface area contributed by atoms with Crippen LogP contribution in [-0.4, -0.2) is 26.0 Å². The van der Waals surface area contributed by atoms with Crippen molar-refractivity contribution < 1.29 is 4.79 Å². The van der Waals surface area contributed by atoms with E-state index >= 15 is 0 Å². The van der Waals surface area contributed by atoms with Crippen LogP contribution < -0.4 is 10.6 Å². The second-order valence-electron chi connectivity index (χ2n) is 4.75. The summed E-state index contributed by atoms with van der Waals surface area (Å²) in [5.41, 5.74) is 0. The number of carbonyl (C=O) groups excluding carboxylic acids is 1. The molecule has 0 aromatic carbocycles. The molecule has 0 aliphatic heterocycles. The van der Waals surface area contributed by atoms with Crippen LogP contribution in [0.15, 0.2) is 0 Å². The highest BCUT2D eigenvalue weighted by Gasteiger charge is 2.17.